The van der Waals surface area contributed by atoms with E-state index < -0.39 is 12.0 Å². The number of fused-ring (bicyclic) bond motifs is 3. The number of nitrogens with zero attached hydrogens (tertiary/aromatic N) is 2. The predicted molar refractivity (Wildman–Crippen MR) is 117 cm³/mol. The number of pyridine rings is 1. The number of aromatic nitrogens is 1. The Morgan fingerprint density at radius 2 is 1.97 bits per heavy atom. The first-order chi connectivity index (χ1) is 13.8. The Morgan fingerprint density at radius 3 is 2.62 bits per heavy atom. The van der Waals surface area contributed by atoms with E-state index in [-0.39, 0.29) is 12.0 Å². The van der Waals surface area contributed by atoms with Crippen molar-refractivity contribution in [2.45, 2.75) is 26.3 Å². The number of hydrogen-bond acceptors (Lipinski definition) is 4. The molecule has 0 saturated carbocycles. The molecule has 1 aliphatic heterocycles. The van der Waals surface area contributed by atoms with E-state index in [0.717, 1.165) is 37.7 Å². The molecule has 7 heteroatoms. The first-order valence-electron chi connectivity index (χ1n) is 9.13. The quantitative estimate of drug-likeness (QED) is 0.656. The number of carbonyl (C=O) groups is 1. The Balaban J connectivity index is 2.08. The van der Waals surface area contributed by atoms with Crippen molar-refractivity contribution >= 4 is 34.6 Å². The van der Waals surface area contributed by atoms with Crippen LogP contribution >= 0.6 is 22.9 Å². The maximum absolute atomic E-state index is 12.4. The third-order valence-corrected chi connectivity index (χ3v) is 6.75. The molecule has 1 aromatic carbocycles. The van der Waals surface area contributed by atoms with Gasteiger partial charge in [-0.2, -0.15) is 0 Å². The second-order valence-electron chi connectivity index (χ2n) is 7.18. The van der Waals surface area contributed by atoms with Gasteiger partial charge in [-0.1, -0.05) is 23.7 Å². The van der Waals surface area contributed by atoms with Gasteiger partial charge in [0.1, 0.15) is 0 Å². The number of hydrogen-bond donors (Lipinski definition) is 1. The second kappa shape index (κ2) is 7.28. The number of thiophene rings is 1. The number of benzene rings is 1. The van der Waals surface area contributed by atoms with Crippen LogP contribution in [-0.4, -0.2) is 21.4 Å². The molecule has 0 aliphatic carbocycles. The zero-order valence-corrected chi connectivity index (χ0v) is 17.8. The van der Waals surface area contributed by atoms with Crippen LogP contribution in [0.15, 0.2) is 46.3 Å². The van der Waals surface area contributed by atoms with Crippen molar-refractivity contribution in [2.75, 3.05) is 0 Å². The lowest BCUT2D eigenvalue weighted by molar-refractivity contribution is -0.137. The van der Waals surface area contributed by atoms with E-state index in [1.807, 2.05) is 12.1 Å². The molecular formula is C22H19ClN2O3S. The topological polar surface area (TPSA) is 71.7 Å². The van der Waals surface area contributed by atoms with Crippen LogP contribution in [0.3, 0.4) is 0 Å². The largest absolute Gasteiger partial charge is 0.481 e. The molecule has 1 atom stereocenters. The number of halogens is 1. The fourth-order valence-electron chi connectivity index (χ4n) is 3.65. The van der Waals surface area contributed by atoms with Crippen LogP contribution in [0.2, 0.25) is 5.02 Å². The summed E-state index contributed by atoms with van der Waals surface area (Å²) in [5.74, 6) is -0.959. The molecule has 1 unspecified atom stereocenters. The van der Waals surface area contributed by atoms with Crippen molar-refractivity contribution in [3.63, 3.8) is 0 Å². The smallest absolute Gasteiger partial charge is 0.305 e. The highest BCUT2D eigenvalue weighted by atomic mass is 35.5. The molecule has 3 aromatic rings. The number of carboxylic acids is 1. The maximum atomic E-state index is 12.4. The van der Waals surface area contributed by atoms with Gasteiger partial charge in [0.25, 0.3) is 5.56 Å². The molecule has 0 spiro atoms. The lowest BCUT2D eigenvalue weighted by atomic mass is 9.96. The van der Waals surface area contributed by atoms with Gasteiger partial charge in [0, 0.05) is 50.8 Å². The molecule has 148 valence electrons. The summed E-state index contributed by atoms with van der Waals surface area (Å²) in [7, 11) is 1.70. The highest BCUT2D eigenvalue weighted by Crippen LogP contribution is 2.44. The number of carboxylic acid groups (broad SMARTS) is 1. The third-order valence-electron chi connectivity index (χ3n) is 5.26. The molecule has 1 N–H and O–H groups in total. The molecule has 0 bridgehead atoms. The Hall–Kier alpha value is -2.70. The molecule has 0 saturated heterocycles. The molecule has 4 rings (SSSR count). The van der Waals surface area contributed by atoms with Gasteiger partial charge < -0.3 is 9.67 Å². The molecule has 0 radical (unpaired) electrons. The fourth-order valence-corrected chi connectivity index (χ4v) is 4.97. The minimum atomic E-state index is -0.959. The van der Waals surface area contributed by atoms with Crippen molar-refractivity contribution in [3.05, 3.63) is 79.0 Å². The summed E-state index contributed by atoms with van der Waals surface area (Å²) < 4.78 is 1.53. The van der Waals surface area contributed by atoms with Crippen molar-refractivity contribution in [1.29, 1.82) is 0 Å². The molecule has 5 nitrogen and oxygen atoms in total. The molecule has 0 amide bonds. The Labute approximate surface area is 176 Å². The Bertz CT molecular complexity index is 1220. The lowest BCUT2D eigenvalue weighted by Crippen LogP contribution is -2.18. The van der Waals surface area contributed by atoms with Crippen molar-refractivity contribution in [1.82, 2.24) is 4.57 Å². The molecule has 2 aromatic heterocycles. The van der Waals surface area contributed by atoms with E-state index in [2.05, 4.69) is 13.8 Å². The van der Waals surface area contributed by atoms with Crippen LogP contribution < -0.4 is 5.56 Å². The van der Waals surface area contributed by atoms with E-state index in [1.165, 1.54) is 10.6 Å². The van der Waals surface area contributed by atoms with E-state index >= 15 is 0 Å². The van der Waals surface area contributed by atoms with E-state index in [1.54, 1.807) is 36.7 Å². The maximum Gasteiger partial charge on any atom is 0.305 e. The highest BCUT2D eigenvalue weighted by molar-refractivity contribution is 7.16. The van der Waals surface area contributed by atoms with Crippen LogP contribution in [0.5, 0.6) is 0 Å². The second-order valence-corrected chi connectivity index (χ2v) is 8.84. The number of aliphatic carboxylic acids is 1. The van der Waals surface area contributed by atoms with Crippen LogP contribution in [0.1, 0.15) is 39.6 Å². The summed E-state index contributed by atoms with van der Waals surface area (Å²) in [4.78, 5) is 31.0. The summed E-state index contributed by atoms with van der Waals surface area (Å²) >= 11 is 7.71. The standard InChI is InChI=1S/C22H19ClN2O3S/c1-11-12(2)29-22-16-10-25(3)18(26)8-15(16)17(9-19(27)28)24-21(20(11)22)13-4-6-14(23)7-5-13/h4-8,10,17H,9H2,1-3H3,(H,27,28). The average Bonchev–Trinajstić information content (AvgIpc) is 2.89. The molecule has 3 heterocycles. The highest BCUT2D eigenvalue weighted by Gasteiger charge is 2.30. The first kappa shape index (κ1) is 19.6. The number of rotatable bonds is 3. The van der Waals surface area contributed by atoms with Gasteiger partial charge in [-0.3, -0.25) is 14.6 Å². The van der Waals surface area contributed by atoms with Crippen LogP contribution in [0.25, 0.3) is 10.4 Å². The fraction of sp³-hybridized carbons (Fsp3) is 0.227. The minimum Gasteiger partial charge on any atom is -0.481 e. The van der Waals surface area contributed by atoms with Gasteiger partial charge in [-0.05, 0) is 37.1 Å². The van der Waals surface area contributed by atoms with Gasteiger partial charge in [0.2, 0.25) is 0 Å². The van der Waals surface area contributed by atoms with E-state index in [9.17, 15) is 14.7 Å². The lowest BCUT2D eigenvalue weighted by Gasteiger charge is -2.14. The summed E-state index contributed by atoms with van der Waals surface area (Å²) in [6, 6.07) is 8.25. The normalized spacial score (nSPS) is 15.3. The summed E-state index contributed by atoms with van der Waals surface area (Å²) in [6.45, 7) is 4.11. The van der Waals surface area contributed by atoms with Gasteiger partial charge >= 0.3 is 5.97 Å². The average molecular weight is 427 g/mol. The molecule has 0 fully saturated rings. The predicted octanol–water partition coefficient (Wildman–Crippen LogP) is 4.75. The van der Waals surface area contributed by atoms with Gasteiger partial charge in [0.05, 0.1) is 18.2 Å². The summed E-state index contributed by atoms with van der Waals surface area (Å²) in [5, 5.41) is 10.1. The SMILES string of the molecule is Cc1sc2c(c1C)C(c1ccc(Cl)cc1)=NC(CC(=O)O)c1cc(=O)n(C)cc1-2. The Kier molecular flexibility index (Phi) is 4.92. The van der Waals surface area contributed by atoms with E-state index in [4.69, 9.17) is 16.6 Å². The van der Waals surface area contributed by atoms with E-state index in [0.29, 0.717) is 10.6 Å². The first-order valence-corrected chi connectivity index (χ1v) is 10.3. The van der Waals surface area contributed by atoms with Crippen molar-refractivity contribution in [3.8, 4) is 10.4 Å². The van der Waals surface area contributed by atoms with Crippen LogP contribution in [0.4, 0.5) is 0 Å². The zero-order valence-electron chi connectivity index (χ0n) is 16.2. The van der Waals surface area contributed by atoms with Crippen LogP contribution in [0, 0.1) is 13.8 Å². The van der Waals surface area contributed by atoms with Crippen molar-refractivity contribution < 1.29 is 9.90 Å². The summed E-state index contributed by atoms with van der Waals surface area (Å²) in [5.41, 5.74) is 5.03. The third kappa shape index (κ3) is 3.43. The van der Waals surface area contributed by atoms with Gasteiger partial charge in [-0.25, -0.2) is 0 Å². The molecular weight excluding hydrogens is 408 g/mol. The molecule has 1 aliphatic rings. The monoisotopic (exact) mass is 426 g/mol. The van der Waals surface area contributed by atoms with Crippen LogP contribution in [-0.2, 0) is 11.8 Å². The zero-order chi connectivity index (χ0) is 20.9. The summed E-state index contributed by atoms with van der Waals surface area (Å²) in [6.07, 6.45) is 1.60. The van der Waals surface area contributed by atoms with Gasteiger partial charge in [-0.15, -0.1) is 11.3 Å². The minimum absolute atomic E-state index is 0.184. The van der Waals surface area contributed by atoms with Gasteiger partial charge in [0.15, 0.2) is 0 Å². The number of aryl methyl sites for hydroxylation is 2. The Morgan fingerprint density at radius 1 is 1.28 bits per heavy atom. The molecule has 29 heavy (non-hydrogen) atoms. The number of aliphatic imine (C=N–C) groups is 1. The van der Waals surface area contributed by atoms with Crippen molar-refractivity contribution in [2.24, 2.45) is 12.0 Å².